The molecule has 1 atom stereocenters. The van der Waals surface area contributed by atoms with Gasteiger partial charge < -0.3 is 14.2 Å². The number of rotatable bonds is 61. The molecule has 0 saturated heterocycles. The molecular formula is C75H126O6. The van der Waals surface area contributed by atoms with Crippen molar-refractivity contribution in [2.75, 3.05) is 13.2 Å². The van der Waals surface area contributed by atoms with Crippen LogP contribution in [0.1, 0.15) is 316 Å². The van der Waals surface area contributed by atoms with E-state index in [2.05, 4.69) is 130 Å². The van der Waals surface area contributed by atoms with Gasteiger partial charge >= 0.3 is 17.9 Å². The van der Waals surface area contributed by atoms with Gasteiger partial charge in [0.25, 0.3) is 0 Å². The van der Waals surface area contributed by atoms with Crippen molar-refractivity contribution < 1.29 is 28.6 Å². The monoisotopic (exact) mass is 1120 g/mol. The van der Waals surface area contributed by atoms with Crippen LogP contribution < -0.4 is 0 Å². The van der Waals surface area contributed by atoms with E-state index in [-0.39, 0.29) is 31.6 Å². The third-order valence-electron chi connectivity index (χ3n) is 14.5. The molecule has 1 unspecified atom stereocenters. The van der Waals surface area contributed by atoms with Gasteiger partial charge in [0.1, 0.15) is 13.2 Å². The van der Waals surface area contributed by atoms with E-state index in [9.17, 15) is 14.4 Å². The average molecular weight is 1120 g/mol. The molecule has 0 aliphatic rings. The molecule has 0 spiro atoms. The second kappa shape index (κ2) is 68.3. The minimum absolute atomic E-state index is 0.115. The summed E-state index contributed by atoms with van der Waals surface area (Å²) in [7, 11) is 0. The summed E-state index contributed by atoms with van der Waals surface area (Å²) < 4.78 is 16.8. The van der Waals surface area contributed by atoms with E-state index in [4.69, 9.17) is 14.2 Å². The predicted molar refractivity (Wildman–Crippen MR) is 353 cm³/mol. The van der Waals surface area contributed by atoms with Gasteiger partial charge in [-0.05, 0) is 116 Å². The fraction of sp³-hybridized carbons (Fsp3) is 0.693. The SMILES string of the molecule is CC/C=C\C/C=C\C/C=C\C/C=C\C/C=C\CC(=O)OCC(COC(=O)CCCCCCCCCCCCCCCCC/C=C\C/C=C\CCCCCCC)OC(=O)CCCCCCCC/C=C\C/C=C\C/C=C\CCCCCCC. The van der Waals surface area contributed by atoms with Gasteiger partial charge in [-0.3, -0.25) is 14.4 Å². The maximum atomic E-state index is 12.9. The lowest BCUT2D eigenvalue weighted by Gasteiger charge is -2.18. The summed E-state index contributed by atoms with van der Waals surface area (Å²) >= 11 is 0. The van der Waals surface area contributed by atoms with Crippen molar-refractivity contribution in [2.45, 2.75) is 322 Å². The van der Waals surface area contributed by atoms with E-state index in [1.165, 1.54) is 173 Å². The number of ether oxygens (including phenoxy) is 3. The van der Waals surface area contributed by atoms with Crippen molar-refractivity contribution in [2.24, 2.45) is 0 Å². The van der Waals surface area contributed by atoms with E-state index >= 15 is 0 Å². The Labute approximate surface area is 501 Å². The molecule has 6 nitrogen and oxygen atoms in total. The fourth-order valence-corrected chi connectivity index (χ4v) is 9.38. The Morgan fingerprint density at radius 1 is 0.272 bits per heavy atom. The summed E-state index contributed by atoms with van der Waals surface area (Å²) in [5.74, 6) is -1.05. The molecule has 462 valence electrons. The normalized spacial score (nSPS) is 12.9. The van der Waals surface area contributed by atoms with Crippen LogP contribution in [-0.2, 0) is 28.6 Å². The van der Waals surface area contributed by atoms with Crippen LogP contribution in [0.4, 0.5) is 0 Å². The second-order valence-corrected chi connectivity index (χ2v) is 22.4. The van der Waals surface area contributed by atoms with Crippen LogP contribution in [0.25, 0.3) is 0 Å². The standard InChI is InChI=1S/C75H126O6/c1-4-7-10-13-16-19-22-25-28-30-32-34-35-36-37-38-39-41-42-44-47-50-53-56-59-62-65-68-74(77)80-71-72(70-79-73(76)67-64-61-58-55-52-49-46-27-24-21-18-15-12-9-6-3)81-75(78)69-66-63-60-57-54-51-48-45-43-40-33-31-29-26-23-20-17-14-11-8-5-2/h9,12,18,21-23,25-27,30-33,43,45-46,52,55,61,64,72H,4-8,10-11,13-17,19-20,24,28-29,34-42,44,47-51,53-54,56-60,62-63,65-71H2,1-3H3/b12-9-,21-18-,25-22-,26-23-,32-30-,33-31-,45-43-,46-27-,55-52-,64-61-. The van der Waals surface area contributed by atoms with Crippen LogP contribution >= 0.6 is 0 Å². The largest absolute Gasteiger partial charge is 0.462 e. The fourth-order valence-electron chi connectivity index (χ4n) is 9.38. The van der Waals surface area contributed by atoms with Gasteiger partial charge in [0, 0.05) is 12.8 Å². The Morgan fingerprint density at radius 2 is 0.531 bits per heavy atom. The topological polar surface area (TPSA) is 78.9 Å². The zero-order chi connectivity index (χ0) is 58.5. The summed E-state index contributed by atoms with van der Waals surface area (Å²) in [5, 5.41) is 0. The molecule has 0 radical (unpaired) electrons. The predicted octanol–water partition coefficient (Wildman–Crippen LogP) is 23.6. The second-order valence-electron chi connectivity index (χ2n) is 22.4. The van der Waals surface area contributed by atoms with Crippen LogP contribution in [0, 0.1) is 0 Å². The molecule has 0 aromatic rings. The highest BCUT2D eigenvalue weighted by molar-refractivity contribution is 5.72. The highest BCUT2D eigenvalue weighted by Crippen LogP contribution is 2.16. The number of hydrogen-bond donors (Lipinski definition) is 0. The van der Waals surface area contributed by atoms with Crippen LogP contribution in [0.15, 0.2) is 122 Å². The maximum absolute atomic E-state index is 12.9. The quantitative estimate of drug-likeness (QED) is 0.0261. The number of unbranched alkanes of at least 4 members (excludes halogenated alkanes) is 31. The molecule has 0 fully saturated rings. The Morgan fingerprint density at radius 3 is 0.864 bits per heavy atom. The lowest BCUT2D eigenvalue weighted by molar-refractivity contribution is -0.166. The van der Waals surface area contributed by atoms with Gasteiger partial charge in [-0.25, -0.2) is 0 Å². The maximum Gasteiger partial charge on any atom is 0.309 e. The Hall–Kier alpha value is -4.19. The lowest BCUT2D eigenvalue weighted by atomic mass is 10.0. The highest BCUT2D eigenvalue weighted by Gasteiger charge is 2.19. The first-order chi connectivity index (χ1) is 40.0. The minimum atomic E-state index is -0.830. The van der Waals surface area contributed by atoms with Gasteiger partial charge in [-0.1, -0.05) is 303 Å². The van der Waals surface area contributed by atoms with Gasteiger partial charge in [0.05, 0.1) is 6.42 Å². The van der Waals surface area contributed by atoms with Gasteiger partial charge in [0.15, 0.2) is 6.10 Å². The van der Waals surface area contributed by atoms with E-state index in [1.807, 2.05) is 6.08 Å². The number of esters is 3. The Kier molecular flexibility index (Phi) is 64.8. The third kappa shape index (κ3) is 66.5. The van der Waals surface area contributed by atoms with Crippen molar-refractivity contribution in [3.05, 3.63) is 122 Å². The van der Waals surface area contributed by atoms with Crippen molar-refractivity contribution in [1.82, 2.24) is 0 Å². The van der Waals surface area contributed by atoms with Crippen LogP contribution in [0.2, 0.25) is 0 Å². The molecule has 0 aromatic heterocycles. The van der Waals surface area contributed by atoms with Crippen molar-refractivity contribution in [3.8, 4) is 0 Å². The number of carbonyl (C=O) groups excluding carboxylic acids is 3. The molecule has 0 heterocycles. The molecule has 0 rings (SSSR count). The molecule has 0 aliphatic carbocycles. The molecule has 0 aromatic carbocycles. The lowest BCUT2D eigenvalue weighted by Crippen LogP contribution is -2.30. The smallest absolute Gasteiger partial charge is 0.309 e. The minimum Gasteiger partial charge on any atom is -0.462 e. The van der Waals surface area contributed by atoms with Crippen LogP contribution in [-0.4, -0.2) is 37.2 Å². The molecule has 0 amide bonds. The number of carbonyl (C=O) groups is 3. The summed E-state index contributed by atoms with van der Waals surface area (Å²) in [6, 6.07) is 0. The Bertz CT molecular complexity index is 1670. The Balaban J connectivity index is 4.40. The molecule has 0 N–H and O–H groups in total. The van der Waals surface area contributed by atoms with E-state index in [0.29, 0.717) is 12.8 Å². The van der Waals surface area contributed by atoms with E-state index in [0.717, 1.165) is 103 Å². The zero-order valence-electron chi connectivity index (χ0n) is 53.0. The molecular weight excluding hydrogens is 997 g/mol. The number of allylic oxidation sites excluding steroid dienone is 19. The summed E-state index contributed by atoms with van der Waals surface area (Å²) in [6.45, 7) is 6.43. The zero-order valence-corrected chi connectivity index (χ0v) is 53.0. The molecule has 0 aliphatic heterocycles. The van der Waals surface area contributed by atoms with Crippen molar-refractivity contribution in [1.29, 1.82) is 0 Å². The first-order valence-corrected chi connectivity index (χ1v) is 34.0. The summed E-state index contributed by atoms with van der Waals surface area (Å²) in [5.41, 5.74) is 0. The van der Waals surface area contributed by atoms with Crippen LogP contribution in [0.5, 0.6) is 0 Å². The first-order valence-electron chi connectivity index (χ1n) is 34.0. The van der Waals surface area contributed by atoms with Gasteiger partial charge in [-0.15, -0.1) is 0 Å². The van der Waals surface area contributed by atoms with Crippen LogP contribution in [0.3, 0.4) is 0 Å². The number of hydrogen-bond acceptors (Lipinski definition) is 6. The first kappa shape index (κ1) is 76.8. The molecule has 0 bridgehead atoms. The summed E-state index contributed by atoms with van der Waals surface area (Å²) in [6.07, 6.45) is 95.3. The highest BCUT2D eigenvalue weighted by atomic mass is 16.6. The summed E-state index contributed by atoms with van der Waals surface area (Å²) in [4.78, 5) is 38.3. The molecule has 0 saturated carbocycles. The molecule has 81 heavy (non-hydrogen) atoms. The van der Waals surface area contributed by atoms with Crippen molar-refractivity contribution >= 4 is 17.9 Å². The molecule has 6 heteroatoms. The van der Waals surface area contributed by atoms with Crippen molar-refractivity contribution in [3.63, 3.8) is 0 Å². The van der Waals surface area contributed by atoms with E-state index in [1.54, 1.807) is 6.08 Å². The van der Waals surface area contributed by atoms with Gasteiger partial charge in [0.2, 0.25) is 0 Å². The van der Waals surface area contributed by atoms with E-state index < -0.39 is 12.1 Å². The average Bonchev–Trinajstić information content (AvgIpc) is 3.47. The third-order valence-corrected chi connectivity index (χ3v) is 14.5. The van der Waals surface area contributed by atoms with Gasteiger partial charge in [-0.2, -0.15) is 0 Å².